The molecule has 0 fully saturated rings. The zero-order valence-corrected chi connectivity index (χ0v) is 38.6. The number of nitrogens with zero attached hydrogens (tertiary/aromatic N) is 1. The van der Waals surface area contributed by atoms with Crippen LogP contribution in [0.15, 0.2) is 249 Å². The van der Waals surface area contributed by atoms with Crippen LogP contribution >= 0.6 is 0 Å². The van der Waals surface area contributed by atoms with E-state index < -0.39 is 0 Å². The molecule has 1 heteroatoms. The molecule has 11 aromatic rings. The van der Waals surface area contributed by atoms with Crippen molar-refractivity contribution in [3.05, 3.63) is 282 Å². The fourth-order valence-corrected chi connectivity index (χ4v) is 12.7. The normalized spacial score (nSPS) is 13.9. The summed E-state index contributed by atoms with van der Waals surface area (Å²) in [6.07, 6.45) is 0. The van der Waals surface area contributed by atoms with Crippen LogP contribution in [0.4, 0.5) is 17.1 Å². The zero-order chi connectivity index (χ0) is 45.8. The summed E-state index contributed by atoms with van der Waals surface area (Å²) in [4.78, 5) is 2.50. The monoisotopic (exact) mass is 877 g/mol. The molecule has 1 spiro atoms. The molecule has 0 saturated heterocycles. The first-order valence-electron chi connectivity index (χ1n) is 24.3. The Hall–Kier alpha value is -8.52. The Morgan fingerprint density at radius 2 is 0.725 bits per heavy atom. The maximum Gasteiger partial charge on any atom is 0.0725 e. The van der Waals surface area contributed by atoms with Gasteiger partial charge in [0.05, 0.1) is 16.8 Å². The number of fused-ring (bicyclic) bond motifs is 14. The second-order valence-electron chi connectivity index (χ2n) is 19.5. The summed E-state index contributed by atoms with van der Waals surface area (Å²) in [6.45, 7) is 4.73. The average molecular weight is 878 g/mol. The highest BCUT2D eigenvalue weighted by atomic mass is 15.1. The first-order chi connectivity index (χ1) is 34.0. The Bertz CT molecular complexity index is 3840. The number of para-hydroxylation sites is 2. The van der Waals surface area contributed by atoms with Gasteiger partial charge in [0, 0.05) is 22.2 Å². The molecule has 0 aliphatic heterocycles. The number of anilines is 3. The topological polar surface area (TPSA) is 3.24 Å². The van der Waals surface area contributed by atoms with Gasteiger partial charge in [0.2, 0.25) is 0 Å². The SMILES string of the molecule is CC1(C)c2ccccc2-c2c(-c3ccccc3N(c3ccc(-c4ccc5c(c4)-c4ccccc4C54c5ccccc5-c5ccccc54)cc3)c3ccccc3-c3cccc4ccccc34)cccc21. The van der Waals surface area contributed by atoms with E-state index >= 15 is 0 Å². The van der Waals surface area contributed by atoms with Gasteiger partial charge in [0.1, 0.15) is 0 Å². The van der Waals surface area contributed by atoms with E-state index in [4.69, 9.17) is 0 Å². The lowest BCUT2D eigenvalue weighted by molar-refractivity contribution is 0.660. The molecule has 0 N–H and O–H groups in total. The van der Waals surface area contributed by atoms with Crippen molar-refractivity contribution in [2.24, 2.45) is 0 Å². The number of hydrogen-bond acceptors (Lipinski definition) is 1. The second-order valence-corrected chi connectivity index (χ2v) is 19.5. The van der Waals surface area contributed by atoms with Gasteiger partial charge in [0.15, 0.2) is 0 Å². The highest BCUT2D eigenvalue weighted by Gasteiger charge is 2.51. The molecule has 69 heavy (non-hydrogen) atoms. The smallest absolute Gasteiger partial charge is 0.0725 e. The predicted octanol–water partition coefficient (Wildman–Crippen LogP) is 18.0. The Morgan fingerprint density at radius 3 is 1.39 bits per heavy atom. The molecule has 0 heterocycles. The van der Waals surface area contributed by atoms with E-state index in [-0.39, 0.29) is 10.8 Å². The van der Waals surface area contributed by atoms with Gasteiger partial charge in [-0.3, -0.25) is 0 Å². The van der Waals surface area contributed by atoms with Gasteiger partial charge < -0.3 is 4.90 Å². The summed E-state index contributed by atoms with van der Waals surface area (Å²) in [6, 6.07) is 92.9. The van der Waals surface area contributed by atoms with Gasteiger partial charge in [0.25, 0.3) is 0 Å². The minimum Gasteiger partial charge on any atom is -0.309 e. The molecular formula is C68H47N. The van der Waals surface area contributed by atoms with E-state index in [2.05, 4.69) is 267 Å². The third-order valence-electron chi connectivity index (χ3n) is 15.7. The third-order valence-corrected chi connectivity index (χ3v) is 15.7. The van der Waals surface area contributed by atoms with Gasteiger partial charge in [-0.25, -0.2) is 0 Å². The van der Waals surface area contributed by atoms with E-state index in [1.54, 1.807) is 0 Å². The van der Waals surface area contributed by atoms with Crippen LogP contribution in [0, 0.1) is 0 Å². The zero-order valence-electron chi connectivity index (χ0n) is 38.6. The van der Waals surface area contributed by atoms with Crippen LogP contribution in [-0.4, -0.2) is 0 Å². The molecular weight excluding hydrogens is 831 g/mol. The summed E-state index contributed by atoms with van der Waals surface area (Å²) in [5, 5.41) is 2.46. The fourth-order valence-electron chi connectivity index (χ4n) is 12.7. The maximum absolute atomic E-state index is 2.50. The fraction of sp³-hybridized carbons (Fsp3) is 0.0588. The molecule has 1 nitrogen and oxygen atoms in total. The molecule has 0 saturated carbocycles. The number of benzene rings is 11. The first kappa shape index (κ1) is 39.6. The van der Waals surface area contributed by atoms with Crippen molar-refractivity contribution in [3.63, 3.8) is 0 Å². The molecule has 3 aliphatic rings. The summed E-state index contributed by atoms with van der Waals surface area (Å²) < 4.78 is 0. The first-order valence-corrected chi connectivity index (χ1v) is 24.3. The molecule has 0 unspecified atom stereocenters. The molecule has 0 bridgehead atoms. The van der Waals surface area contributed by atoms with Crippen molar-refractivity contribution in [2.75, 3.05) is 4.90 Å². The van der Waals surface area contributed by atoms with Crippen molar-refractivity contribution in [1.29, 1.82) is 0 Å². The van der Waals surface area contributed by atoms with Crippen LogP contribution in [0.3, 0.4) is 0 Å². The summed E-state index contributed by atoms with van der Waals surface area (Å²) in [5.41, 5.74) is 26.2. The van der Waals surface area contributed by atoms with Crippen molar-refractivity contribution < 1.29 is 0 Å². The number of rotatable bonds is 6. The van der Waals surface area contributed by atoms with E-state index in [1.165, 1.54) is 111 Å². The molecule has 324 valence electrons. The van der Waals surface area contributed by atoms with Gasteiger partial charge >= 0.3 is 0 Å². The van der Waals surface area contributed by atoms with Crippen LogP contribution in [0.25, 0.3) is 77.5 Å². The number of hydrogen-bond donors (Lipinski definition) is 0. The van der Waals surface area contributed by atoms with Crippen molar-refractivity contribution in [3.8, 4) is 66.8 Å². The van der Waals surface area contributed by atoms with Gasteiger partial charge in [-0.15, -0.1) is 0 Å². The molecule has 11 aromatic carbocycles. The summed E-state index contributed by atoms with van der Waals surface area (Å²) in [7, 11) is 0. The van der Waals surface area contributed by atoms with Gasteiger partial charge in [-0.1, -0.05) is 232 Å². The summed E-state index contributed by atoms with van der Waals surface area (Å²) >= 11 is 0. The lowest BCUT2D eigenvalue weighted by Gasteiger charge is -2.31. The minimum atomic E-state index is -0.358. The van der Waals surface area contributed by atoms with Crippen LogP contribution in [-0.2, 0) is 10.8 Å². The molecule has 0 aromatic heterocycles. The summed E-state index contributed by atoms with van der Waals surface area (Å²) in [5.74, 6) is 0. The lowest BCUT2D eigenvalue weighted by Crippen LogP contribution is -2.25. The van der Waals surface area contributed by atoms with Gasteiger partial charge in [-0.2, -0.15) is 0 Å². The third kappa shape index (κ3) is 5.59. The van der Waals surface area contributed by atoms with Crippen LogP contribution in [0.2, 0.25) is 0 Å². The van der Waals surface area contributed by atoms with Crippen LogP contribution in [0.5, 0.6) is 0 Å². The Labute approximate surface area is 404 Å². The Morgan fingerprint density at radius 1 is 0.290 bits per heavy atom. The molecule has 14 rings (SSSR count). The van der Waals surface area contributed by atoms with E-state index in [9.17, 15) is 0 Å². The average Bonchev–Trinajstić information content (AvgIpc) is 3.97. The van der Waals surface area contributed by atoms with Crippen molar-refractivity contribution in [2.45, 2.75) is 24.7 Å². The lowest BCUT2D eigenvalue weighted by atomic mass is 9.70. The van der Waals surface area contributed by atoms with Crippen LogP contribution < -0.4 is 4.90 Å². The molecule has 0 amide bonds. The second kappa shape index (κ2) is 15.0. The van der Waals surface area contributed by atoms with Crippen molar-refractivity contribution in [1.82, 2.24) is 0 Å². The largest absolute Gasteiger partial charge is 0.309 e. The molecule has 0 radical (unpaired) electrons. The van der Waals surface area contributed by atoms with Crippen molar-refractivity contribution >= 4 is 27.8 Å². The predicted molar refractivity (Wildman–Crippen MR) is 289 cm³/mol. The van der Waals surface area contributed by atoms with Gasteiger partial charge in [-0.05, 0) is 130 Å². The highest BCUT2D eigenvalue weighted by Crippen LogP contribution is 2.63. The highest BCUT2D eigenvalue weighted by molar-refractivity contribution is 6.04. The minimum absolute atomic E-state index is 0.111. The van der Waals surface area contributed by atoms with Crippen LogP contribution in [0.1, 0.15) is 47.2 Å². The Kier molecular flexibility index (Phi) is 8.61. The van der Waals surface area contributed by atoms with E-state index in [0.29, 0.717) is 0 Å². The molecule has 0 atom stereocenters. The van der Waals surface area contributed by atoms with E-state index in [1.807, 2.05) is 0 Å². The standard InChI is InChI=1S/C68H47N/c1-67(2)58-30-11-8-27-56(58)66-55(29-18-34-63(66)67)54-26-10-16-36-65(54)69(64-35-15-9-25-53(64)49-28-17-20-45-19-3-4-21-48(45)49)47-40-37-44(38-41-47)46-39-42-62-57(43-46)52-24-7-14-33-61(52)68(62)59-31-12-5-22-50(59)51-23-6-13-32-60(51)68/h3-43H,1-2H3. The quantitative estimate of drug-likeness (QED) is 0.161. The maximum atomic E-state index is 2.50. The van der Waals surface area contributed by atoms with E-state index in [0.717, 1.165) is 17.1 Å². The molecule has 3 aliphatic carbocycles. The Balaban J connectivity index is 0.947.